The van der Waals surface area contributed by atoms with Crippen LogP contribution < -0.4 is 10.6 Å². The van der Waals surface area contributed by atoms with Crippen LogP contribution in [0.1, 0.15) is 53.4 Å². The lowest BCUT2D eigenvalue weighted by atomic mass is 9.70. The minimum Gasteiger partial charge on any atom is -0.481 e. The molecule has 0 saturated heterocycles. The number of pyridine rings is 1. The van der Waals surface area contributed by atoms with E-state index in [1.54, 1.807) is 7.11 Å². The second kappa shape index (κ2) is 10.4. The molecule has 5 nitrogen and oxygen atoms in total. The van der Waals surface area contributed by atoms with Gasteiger partial charge in [0, 0.05) is 24.2 Å². The van der Waals surface area contributed by atoms with Crippen molar-refractivity contribution in [3.05, 3.63) is 107 Å². The lowest BCUT2D eigenvalue weighted by Gasteiger charge is -2.41. The molecule has 1 aliphatic rings. The molecule has 1 saturated carbocycles. The molecule has 5 heteroatoms. The summed E-state index contributed by atoms with van der Waals surface area (Å²) in [5.74, 6) is 7.35. The van der Waals surface area contributed by atoms with E-state index in [0.29, 0.717) is 18.2 Å². The Kier molecular flexibility index (Phi) is 7.06. The molecule has 0 spiro atoms. The van der Waals surface area contributed by atoms with E-state index in [9.17, 15) is 0 Å². The van der Waals surface area contributed by atoms with Crippen LogP contribution in [-0.4, -0.2) is 37.6 Å². The first-order valence-corrected chi connectivity index (χ1v) is 12.7. The van der Waals surface area contributed by atoms with Crippen molar-refractivity contribution < 1.29 is 9.57 Å². The van der Waals surface area contributed by atoms with Gasteiger partial charge in [0.15, 0.2) is 0 Å². The summed E-state index contributed by atoms with van der Waals surface area (Å²) in [6, 6.07) is 27.6. The largest absolute Gasteiger partial charge is 0.481 e. The molecule has 5 rings (SSSR count). The van der Waals surface area contributed by atoms with Crippen molar-refractivity contribution in [1.29, 1.82) is 0 Å². The highest BCUT2D eigenvalue weighted by atomic mass is 16.6. The maximum atomic E-state index is 6.41. The van der Waals surface area contributed by atoms with E-state index in [0.717, 1.165) is 34.0 Å². The van der Waals surface area contributed by atoms with Crippen LogP contribution in [-0.2, 0) is 10.4 Å². The average Bonchev–Trinajstić information content (AvgIpc) is 3.77. The maximum absolute atomic E-state index is 6.41. The highest BCUT2D eigenvalue weighted by Gasteiger charge is 2.46. The topological polar surface area (TPSA) is 60.6 Å². The molecule has 1 heterocycles. The van der Waals surface area contributed by atoms with Crippen molar-refractivity contribution in [1.82, 2.24) is 9.88 Å². The minimum absolute atomic E-state index is 0.240. The second-order valence-electron chi connectivity index (χ2n) is 10.1. The number of aromatic nitrogens is 1. The van der Waals surface area contributed by atoms with Gasteiger partial charge in [-0.1, -0.05) is 72.8 Å². The Labute approximate surface area is 213 Å². The van der Waals surface area contributed by atoms with Gasteiger partial charge in [0.05, 0.1) is 7.11 Å². The van der Waals surface area contributed by atoms with Crippen LogP contribution >= 0.6 is 0 Å². The molecule has 1 aromatic heterocycles. The molecule has 0 bridgehead atoms. The first-order chi connectivity index (χ1) is 17.6. The number of benzene rings is 3. The van der Waals surface area contributed by atoms with Crippen LogP contribution in [0.15, 0.2) is 85.1 Å². The highest BCUT2D eigenvalue weighted by Crippen LogP contribution is 2.51. The van der Waals surface area contributed by atoms with Crippen molar-refractivity contribution in [2.24, 2.45) is 5.90 Å². The van der Waals surface area contributed by atoms with Gasteiger partial charge in [0.1, 0.15) is 5.60 Å². The summed E-state index contributed by atoms with van der Waals surface area (Å²) in [7, 11) is 5.85. The monoisotopic (exact) mass is 481 g/mol. The van der Waals surface area contributed by atoms with Crippen molar-refractivity contribution >= 4 is 10.8 Å². The Hall–Kier alpha value is -3.25. The summed E-state index contributed by atoms with van der Waals surface area (Å²) in [6.45, 7) is 0.793. The molecular weight excluding hydrogens is 446 g/mol. The van der Waals surface area contributed by atoms with Crippen LogP contribution in [0, 0.1) is 0 Å². The Bertz CT molecular complexity index is 1310. The van der Waals surface area contributed by atoms with E-state index >= 15 is 0 Å². The molecule has 2 unspecified atom stereocenters. The Morgan fingerprint density at radius 3 is 2.42 bits per heavy atom. The highest BCUT2D eigenvalue weighted by molar-refractivity contribution is 5.86. The van der Waals surface area contributed by atoms with Crippen LogP contribution in [0.4, 0.5) is 0 Å². The number of fused-ring (bicyclic) bond motifs is 1. The van der Waals surface area contributed by atoms with Crippen LogP contribution in [0.5, 0.6) is 5.88 Å². The molecule has 4 aromatic rings. The van der Waals surface area contributed by atoms with Crippen molar-refractivity contribution in [3.63, 3.8) is 0 Å². The lowest BCUT2D eigenvalue weighted by molar-refractivity contribution is -0.0747. The number of rotatable bonds is 10. The molecule has 3 aromatic carbocycles. The van der Waals surface area contributed by atoms with Gasteiger partial charge >= 0.3 is 0 Å². The molecule has 0 radical (unpaired) electrons. The molecule has 1 aliphatic carbocycles. The minimum atomic E-state index is -0.871. The van der Waals surface area contributed by atoms with E-state index in [1.807, 2.05) is 12.3 Å². The molecule has 2 N–H and O–H groups in total. The molecular formula is C31H35N3O2. The molecule has 1 fully saturated rings. The molecule has 0 aliphatic heterocycles. The fourth-order valence-corrected chi connectivity index (χ4v) is 5.46. The SMILES string of the molecule is COc1ncc(C2CC2)cc1C(c1ccccc1)C(CCN(C)C)(ON)c1cccc2ccccc12. The van der Waals surface area contributed by atoms with Crippen LogP contribution in [0.3, 0.4) is 0 Å². The summed E-state index contributed by atoms with van der Waals surface area (Å²) in [5.41, 5.74) is 3.57. The Morgan fingerprint density at radius 1 is 1.00 bits per heavy atom. The van der Waals surface area contributed by atoms with E-state index in [1.165, 1.54) is 18.4 Å². The predicted molar refractivity (Wildman–Crippen MR) is 145 cm³/mol. The van der Waals surface area contributed by atoms with Gasteiger partial charge in [-0.15, -0.1) is 0 Å². The summed E-state index contributed by atoms with van der Waals surface area (Å²) in [4.78, 5) is 13.2. The fourth-order valence-electron chi connectivity index (χ4n) is 5.46. The van der Waals surface area contributed by atoms with E-state index < -0.39 is 5.60 Å². The third-order valence-corrected chi connectivity index (χ3v) is 7.44. The predicted octanol–water partition coefficient (Wildman–Crippen LogP) is 5.99. The molecule has 2 atom stereocenters. The van der Waals surface area contributed by atoms with E-state index in [2.05, 4.69) is 91.8 Å². The summed E-state index contributed by atoms with van der Waals surface area (Å²) < 4.78 is 5.87. The zero-order valence-electron chi connectivity index (χ0n) is 21.4. The lowest BCUT2D eigenvalue weighted by Crippen LogP contribution is -2.42. The third kappa shape index (κ3) is 4.62. The van der Waals surface area contributed by atoms with Crippen LogP contribution in [0.2, 0.25) is 0 Å². The summed E-state index contributed by atoms with van der Waals surface area (Å²) in [6.07, 6.45) is 5.05. The average molecular weight is 482 g/mol. The van der Waals surface area contributed by atoms with Gasteiger partial charge in [-0.2, -0.15) is 0 Å². The molecule has 186 valence electrons. The smallest absolute Gasteiger partial charge is 0.216 e. The van der Waals surface area contributed by atoms with Crippen molar-refractivity contribution in [2.75, 3.05) is 27.7 Å². The maximum Gasteiger partial charge on any atom is 0.216 e. The zero-order valence-corrected chi connectivity index (χ0v) is 21.4. The van der Waals surface area contributed by atoms with Gasteiger partial charge in [0.2, 0.25) is 5.88 Å². The Balaban J connectivity index is 1.82. The number of ether oxygens (including phenoxy) is 1. The molecule has 36 heavy (non-hydrogen) atoms. The van der Waals surface area contributed by atoms with Gasteiger partial charge in [-0.25, -0.2) is 10.9 Å². The summed E-state index contributed by atoms with van der Waals surface area (Å²) in [5, 5.41) is 2.29. The number of nitrogens with zero attached hydrogens (tertiary/aromatic N) is 2. The Morgan fingerprint density at radius 2 is 1.72 bits per heavy atom. The molecule has 0 amide bonds. The fraction of sp³-hybridized carbons (Fsp3) is 0.323. The van der Waals surface area contributed by atoms with E-state index in [-0.39, 0.29) is 5.92 Å². The van der Waals surface area contributed by atoms with Crippen molar-refractivity contribution in [2.45, 2.75) is 36.7 Å². The van der Waals surface area contributed by atoms with Gasteiger partial charge in [-0.05, 0) is 72.8 Å². The normalized spacial score (nSPS) is 16.1. The number of hydrogen-bond donors (Lipinski definition) is 1. The number of nitrogens with two attached hydrogens (primary N) is 1. The number of methoxy groups -OCH3 is 1. The first kappa shape index (κ1) is 24.4. The van der Waals surface area contributed by atoms with Crippen molar-refractivity contribution in [3.8, 4) is 5.88 Å². The summed E-state index contributed by atoms with van der Waals surface area (Å²) >= 11 is 0. The van der Waals surface area contributed by atoms with Gasteiger partial charge < -0.3 is 9.64 Å². The van der Waals surface area contributed by atoms with Gasteiger partial charge in [0.25, 0.3) is 0 Å². The quantitative estimate of drug-likeness (QED) is 0.282. The van der Waals surface area contributed by atoms with E-state index in [4.69, 9.17) is 20.5 Å². The standard InChI is InChI=1S/C31H35N3O2/c1-34(2)19-18-31(36-32,28-15-9-13-23-10-7-8-14-26(23)28)29(24-11-5-4-6-12-24)27-20-25(22-16-17-22)21-33-30(27)35-3/h4-15,20-22,29H,16-19,32H2,1-3H3. The van der Waals surface area contributed by atoms with Crippen LogP contribution in [0.25, 0.3) is 10.8 Å². The number of hydrogen-bond acceptors (Lipinski definition) is 5. The third-order valence-electron chi connectivity index (χ3n) is 7.44. The first-order valence-electron chi connectivity index (χ1n) is 12.7. The second-order valence-corrected chi connectivity index (χ2v) is 10.1. The van der Waals surface area contributed by atoms with Gasteiger partial charge in [-0.3, -0.25) is 4.84 Å². The zero-order chi connectivity index (χ0) is 25.1.